The predicted molar refractivity (Wildman–Crippen MR) is 92.9 cm³/mol. The van der Waals surface area contributed by atoms with Crippen molar-refractivity contribution in [3.63, 3.8) is 0 Å². The van der Waals surface area contributed by atoms with Crippen LogP contribution < -0.4 is 0 Å². The number of rotatable bonds is 7. The molecule has 2 aromatic rings. The summed E-state index contributed by atoms with van der Waals surface area (Å²) < 4.78 is 0. The lowest BCUT2D eigenvalue weighted by molar-refractivity contribution is 0.883. The van der Waals surface area contributed by atoms with Crippen molar-refractivity contribution in [1.82, 2.24) is 0 Å². The highest BCUT2D eigenvalue weighted by molar-refractivity contribution is 7.73. The fourth-order valence-electron chi connectivity index (χ4n) is 2.80. The molecule has 0 N–H and O–H groups in total. The van der Waals surface area contributed by atoms with Crippen molar-refractivity contribution in [2.75, 3.05) is 12.8 Å². The van der Waals surface area contributed by atoms with E-state index >= 15 is 0 Å². The summed E-state index contributed by atoms with van der Waals surface area (Å²) in [4.78, 5) is 0. The van der Waals surface area contributed by atoms with Crippen molar-refractivity contribution in [2.45, 2.75) is 32.1 Å². The highest BCUT2D eigenvalue weighted by atomic mass is 31.2. The normalized spacial score (nSPS) is 11.5. The van der Waals surface area contributed by atoms with Crippen LogP contribution in [0.15, 0.2) is 60.7 Å². The summed E-state index contributed by atoms with van der Waals surface area (Å²) in [5.74, 6) is 0. The van der Waals surface area contributed by atoms with Crippen LogP contribution in [0.3, 0.4) is 0 Å². The third kappa shape index (κ3) is 4.76. The summed E-state index contributed by atoms with van der Waals surface area (Å²) in [7, 11) is -0.930. The maximum atomic E-state index is 2.56. The highest BCUT2D eigenvalue weighted by Gasteiger charge is 2.31. The Morgan fingerprint density at radius 1 is 0.750 bits per heavy atom. The molecule has 2 aromatic carbocycles. The summed E-state index contributed by atoms with van der Waals surface area (Å²) in [6.07, 6.45) is 6.64. The Hall–Kier alpha value is -1.13. The highest BCUT2D eigenvalue weighted by Crippen LogP contribution is 2.61. The Bertz CT molecular complexity index is 448. The van der Waals surface area contributed by atoms with E-state index < -0.39 is 7.26 Å². The SMILES string of the molecule is CCCC[P+](C)(Cc1ccccc1)Cc1ccccc1. The van der Waals surface area contributed by atoms with Gasteiger partial charge in [-0.1, -0.05) is 74.0 Å². The van der Waals surface area contributed by atoms with Crippen molar-refractivity contribution < 1.29 is 0 Å². The lowest BCUT2D eigenvalue weighted by Crippen LogP contribution is -2.04. The van der Waals surface area contributed by atoms with Gasteiger partial charge < -0.3 is 0 Å². The molecule has 106 valence electrons. The molecule has 0 saturated heterocycles. The van der Waals surface area contributed by atoms with Gasteiger partial charge in [0.25, 0.3) is 0 Å². The van der Waals surface area contributed by atoms with Gasteiger partial charge in [0.2, 0.25) is 0 Å². The fourth-order valence-corrected chi connectivity index (χ4v) is 6.49. The van der Waals surface area contributed by atoms with E-state index in [0.29, 0.717) is 0 Å². The molecule has 0 nitrogen and oxygen atoms in total. The molecular formula is C19H26P+. The van der Waals surface area contributed by atoms with Crippen LogP contribution in [0.25, 0.3) is 0 Å². The molecule has 0 spiro atoms. The molecule has 0 atom stereocenters. The largest absolute Gasteiger partial charge is 0.0843 e. The molecule has 0 radical (unpaired) electrons. The van der Waals surface area contributed by atoms with Crippen molar-refractivity contribution in [3.05, 3.63) is 71.8 Å². The zero-order chi connectivity index (χ0) is 14.3. The molecule has 0 saturated carbocycles. The third-order valence-corrected chi connectivity index (χ3v) is 7.52. The first kappa shape index (κ1) is 15.3. The van der Waals surface area contributed by atoms with Gasteiger partial charge in [0.1, 0.15) is 0 Å². The average Bonchev–Trinajstić information content (AvgIpc) is 2.47. The maximum absolute atomic E-state index is 2.56. The molecule has 0 unspecified atom stereocenters. The van der Waals surface area contributed by atoms with Gasteiger partial charge in [-0.25, -0.2) is 0 Å². The quantitative estimate of drug-likeness (QED) is 0.561. The van der Waals surface area contributed by atoms with Gasteiger partial charge in [0.15, 0.2) is 0 Å². The molecule has 0 aliphatic heterocycles. The maximum Gasteiger partial charge on any atom is 0.0843 e. The van der Waals surface area contributed by atoms with Gasteiger partial charge in [-0.05, 0) is 17.5 Å². The molecule has 0 fully saturated rings. The summed E-state index contributed by atoms with van der Waals surface area (Å²) in [6.45, 7) is 4.86. The van der Waals surface area contributed by atoms with Gasteiger partial charge in [-0.15, -0.1) is 0 Å². The van der Waals surface area contributed by atoms with E-state index in [9.17, 15) is 0 Å². The van der Waals surface area contributed by atoms with E-state index in [4.69, 9.17) is 0 Å². The number of benzene rings is 2. The van der Waals surface area contributed by atoms with Crippen LogP contribution >= 0.6 is 7.26 Å². The van der Waals surface area contributed by atoms with Gasteiger partial charge in [-0.3, -0.25) is 0 Å². The zero-order valence-corrected chi connectivity index (χ0v) is 13.7. The van der Waals surface area contributed by atoms with Gasteiger partial charge >= 0.3 is 0 Å². The topological polar surface area (TPSA) is 0 Å². The summed E-state index contributed by atoms with van der Waals surface area (Å²) in [6, 6.07) is 22.0. The van der Waals surface area contributed by atoms with Crippen LogP contribution in [0.1, 0.15) is 30.9 Å². The van der Waals surface area contributed by atoms with Crippen LogP contribution in [0.5, 0.6) is 0 Å². The first-order valence-corrected chi connectivity index (χ1v) is 10.4. The molecule has 0 aliphatic rings. The Kier molecular flexibility index (Phi) is 5.80. The average molecular weight is 285 g/mol. The summed E-state index contributed by atoms with van der Waals surface area (Å²) in [5.41, 5.74) is 3.02. The fraction of sp³-hybridized carbons (Fsp3) is 0.368. The van der Waals surface area contributed by atoms with E-state index in [1.807, 2.05) is 0 Å². The van der Waals surface area contributed by atoms with E-state index in [1.165, 1.54) is 42.5 Å². The molecule has 0 amide bonds. The molecule has 2 rings (SSSR count). The van der Waals surface area contributed by atoms with Crippen molar-refractivity contribution in [1.29, 1.82) is 0 Å². The second kappa shape index (κ2) is 7.60. The number of unbranched alkanes of at least 4 members (excludes halogenated alkanes) is 1. The molecule has 20 heavy (non-hydrogen) atoms. The van der Waals surface area contributed by atoms with E-state index in [2.05, 4.69) is 74.3 Å². The smallest absolute Gasteiger partial charge is 0.0652 e. The van der Waals surface area contributed by atoms with Crippen LogP contribution in [-0.4, -0.2) is 12.8 Å². The second-order valence-electron chi connectivity index (χ2n) is 5.98. The standard InChI is InChI=1S/C19H26P/c1-3-4-15-20(2,16-18-11-7-5-8-12-18)17-19-13-9-6-10-14-19/h5-14H,3-4,15-17H2,1-2H3/q+1. The lowest BCUT2D eigenvalue weighted by Gasteiger charge is -2.23. The molecule has 0 aliphatic carbocycles. The third-order valence-electron chi connectivity index (χ3n) is 3.87. The molecular weight excluding hydrogens is 259 g/mol. The minimum absolute atomic E-state index is 0.930. The Morgan fingerprint density at radius 2 is 1.20 bits per heavy atom. The van der Waals surface area contributed by atoms with Crippen LogP contribution in [0, 0.1) is 0 Å². The molecule has 0 aromatic heterocycles. The van der Waals surface area contributed by atoms with Gasteiger partial charge in [-0.2, -0.15) is 0 Å². The first-order chi connectivity index (χ1) is 9.72. The van der Waals surface area contributed by atoms with Gasteiger partial charge in [0, 0.05) is 13.9 Å². The molecule has 0 heterocycles. The molecule has 1 heteroatoms. The van der Waals surface area contributed by atoms with Crippen molar-refractivity contribution >= 4 is 7.26 Å². The van der Waals surface area contributed by atoms with Crippen molar-refractivity contribution in [2.24, 2.45) is 0 Å². The Labute approximate surface area is 124 Å². The number of hydrogen-bond donors (Lipinski definition) is 0. The van der Waals surface area contributed by atoms with Crippen LogP contribution in [0.4, 0.5) is 0 Å². The Balaban J connectivity index is 2.12. The molecule has 0 bridgehead atoms. The lowest BCUT2D eigenvalue weighted by atomic mass is 10.2. The zero-order valence-electron chi connectivity index (χ0n) is 12.8. The van der Waals surface area contributed by atoms with E-state index in [1.54, 1.807) is 0 Å². The minimum Gasteiger partial charge on any atom is -0.0652 e. The minimum atomic E-state index is -0.930. The first-order valence-electron chi connectivity index (χ1n) is 7.63. The Morgan fingerprint density at radius 3 is 1.60 bits per heavy atom. The predicted octanol–water partition coefficient (Wildman–Crippen LogP) is 5.83. The van der Waals surface area contributed by atoms with Gasteiger partial charge in [0.05, 0.1) is 18.5 Å². The van der Waals surface area contributed by atoms with Crippen molar-refractivity contribution in [3.8, 4) is 0 Å². The summed E-state index contributed by atoms with van der Waals surface area (Å²) in [5, 5.41) is 0. The van der Waals surface area contributed by atoms with E-state index in [-0.39, 0.29) is 0 Å². The summed E-state index contributed by atoms with van der Waals surface area (Å²) >= 11 is 0. The van der Waals surface area contributed by atoms with Crippen LogP contribution in [-0.2, 0) is 12.3 Å². The number of hydrogen-bond acceptors (Lipinski definition) is 0. The second-order valence-corrected chi connectivity index (χ2v) is 10.3. The van der Waals surface area contributed by atoms with Crippen LogP contribution in [0.2, 0.25) is 0 Å². The monoisotopic (exact) mass is 285 g/mol. The van der Waals surface area contributed by atoms with E-state index in [0.717, 1.165) is 0 Å².